The number of ether oxygens (including phenoxy) is 1. The summed E-state index contributed by atoms with van der Waals surface area (Å²) in [6.07, 6.45) is 0.357. The Morgan fingerprint density at radius 1 is 1.00 bits per heavy atom. The zero-order chi connectivity index (χ0) is 18.9. The van der Waals surface area contributed by atoms with Crippen LogP contribution in [0.5, 0.6) is 11.5 Å². The van der Waals surface area contributed by atoms with E-state index in [9.17, 15) is 9.59 Å². The SMILES string of the molecule is CC(C)CC(C(=O)NO)C(=O)NCc1cccc(Oc2ccccc2)c1. The molecule has 2 aromatic rings. The Kier molecular flexibility index (Phi) is 7.17. The van der Waals surface area contributed by atoms with Crippen molar-refractivity contribution in [1.82, 2.24) is 10.8 Å². The van der Waals surface area contributed by atoms with E-state index in [0.29, 0.717) is 12.2 Å². The highest BCUT2D eigenvalue weighted by Crippen LogP contribution is 2.22. The first-order valence-corrected chi connectivity index (χ1v) is 8.53. The quantitative estimate of drug-likeness (QED) is 0.385. The van der Waals surface area contributed by atoms with Crippen molar-refractivity contribution in [3.63, 3.8) is 0 Å². The van der Waals surface area contributed by atoms with Gasteiger partial charge in [-0.25, -0.2) is 5.48 Å². The van der Waals surface area contributed by atoms with Gasteiger partial charge in [0.15, 0.2) is 0 Å². The summed E-state index contributed by atoms with van der Waals surface area (Å²) >= 11 is 0. The van der Waals surface area contributed by atoms with Crippen molar-refractivity contribution in [3.8, 4) is 11.5 Å². The lowest BCUT2D eigenvalue weighted by atomic mass is 9.95. The molecule has 3 N–H and O–H groups in total. The zero-order valence-corrected chi connectivity index (χ0v) is 14.9. The highest BCUT2D eigenvalue weighted by molar-refractivity contribution is 5.99. The van der Waals surface area contributed by atoms with E-state index in [4.69, 9.17) is 9.94 Å². The molecule has 0 aliphatic carbocycles. The van der Waals surface area contributed by atoms with Gasteiger partial charge in [0.05, 0.1) is 0 Å². The van der Waals surface area contributed by atoms with Crippen molar-refractivity contribution in [2.75, 3.05) is 0 Å². The van der Waals surface area contributed by atoms with E-state index < -0.39 is 17.7 Å². The molecule has 2 rings (SSSR count). The fourth-order valence-corrected chi connectivity index (χ4v) is 2.54. The molecule has 138 valence electrons. The number of rotatable bonds is 8. The van der Waals surface area contributed by atoms with Crippen LogP contribution in [0.2, 0.25) is 0 Å². The van der Waals surface area contributed by atoms with Crippen LogP contribution in [0.3, 0.4) is 0 Å². The van der Waals surface area contributed by atoms with Crippen molar-refractivity contribution in [3.05, 3.63) is 60.2 Å². The Bertz CT molecular complexity index is 732. The molecule has 2 amide bonds. The summed E-state index contributed by atoms with van der Waals surface area (Å²) in [6, 6.07) is 16.8. The van der Waals surface area contributed by atoms with Crippen molar-refractivity contribution in [2.24, 2.45) is 11.8 Å². The Morgan fingerprint density at radius 2 is 1.69 bits per heavy atom. The van der Waals surface area contributed by atoms with Gasteiger partial charge in [0.1, 0.15) is 17.4 Å². The summed E-state index contributed by atoms with van der Waals surface area (Å²) in [6.45, 7) is 4.09. The van der Waals surface area contributed by atoms with E-state index in [1.54, 1.807) is 5.48 Å². The predicted octanol–water partition coefficient (Wildman–Crippen LogP) is 3.26. The molecule has 0 fully saturated rings. The van der Waals surface area contributed by atoms with E-state index >= 15 is 0 Å². The standard InChI is InChI=1S/C20H24N2O4/c1-14(2)11-18(20(24)22-25)19(23)21-13-15-7-6-10-17(12-15)26-16-8-4-3-5-9-16/h3-10,12,14,18,25H,11,13H2,1-2H3,(H,21,23)(H,22,24). The second kappa shape index (κ2) is 9.58. The van der Waals surface area contributed by atoms with Crippen molar-refractivity contribution < 1.29 is 19.5 Å². The van der Waals surface area contributed by atoms with E-state index in [1.165, 1.54) is 0 Å². The smallest absolute Gasteiger partial charge is 0.255 e. The van der Waals surface area contributed by atoms with Crippen LogP contribution in [0.25, 0.3) is 0 Å². The molecule has 1 unspecified atom stereocenters. The molecule has 0 heterocycles. The summed E-state index contributed by atoms with van der Waals surface area (Å²) < 4.78 is 5.77. The molecule has 0 aliphatic heterocycles. The minimum Gasteiger partial charge on any atom is -0.457 e. The Labute approximate surface area is 153 Å². The van der Waals surface area contributed by atoms with Gasteiger partial charge in [0, 0.05) is 6.54 Å². The second-order valence-electron chi connectivity index (χ2n) is 6.44. The monoisotopic (exact) mass is 356 g/mol. The molecule has 6 nitrogen and oxygen atoms in total. The summed E-state index contributed by atoms with van der Waals surface area (Å²) in [5.74, 6) is -0.508. The highest BCUT2D eigenvalue weighted by Gasteiger charge is 2.27. The Balaban J connectivity index is 1.98. The third kappa shape index (κ3) is 5.89. The van der Waals surface area contributed by atoms with Crippen LogP contribution < -0.4 is 15.5 Å². The summed E-state index contributed by atoms with van der Waals surface area (Å²) in [5.41, 5.74) is 2.41. The average Bonchev–Trinajstić information content (AvgIpc) is 2.64. The van der Waals surface area contributed by atoms with Gasteiger partial charge in [0.25, 0.3) is 5.91 Å². The molecular formula is C20H24N2O4. The van der Waals surface area contributed by atoms with E-state index in [-0.39, 0.29) is 12.5 Å². The molecule has 6 heteroatoms. The zero-order valence-electron chi connectivity index (χ0n) is 14.9. The lowest BCUT2D eigenvalue weighted by Crippen LogP contribution is -2.40. The molecule has 26 heavy (non-hydrogen) atoms. The van der Waals surface area contributed by atoms with Crippen molar-refractivity contribution in [1.29, 1.82) is 0 Å². The lowest BCUT2D eigenvalue weighted by molar-refractivity contribution is -0.141. The fourth-order valence-electron chi connectivity index (χ4n) is 2.54. The van der Waals surface area contributed by atoms with Crippen LogP contribution in [0.15, 0.2) is 54.6 Å². The van der Waals surface area contributed by atoms with Crippen LogP contribution in [-0.4, -0.2) is 17.0 Å². The normalized spacial score (nSPS) is 11.7. The van der Waals surface area contributed by atoms with Crippen LogP contribution >= 0.6 is 0 Å². The number of hydrogen-bond donors (Lipinski definition) is 3. The number of carbonyl (C=O) groups excluding carboxylic acids is 2. The molecule has 0 radical (unpaired) electrons. The molecule has 0 saturated carbocycles. The van der Waals surface area contributed by atoms with Gasteiger partial charge in [-0.1, -0.05) is 44.2 Å². The first-order chi connectivity index (χ1) is 12.5. The molecule has 0 spiro atoms. The maximum atomic E-state index is 12.3. The predicted molar refractivity (Wildman–Crippen MR) is 97.7 cm³/mol. The Morgan fingerprint density at radius 3 is 2.35 bits per heavy atom. The number of carbonyl (C=O) groups is 2. The number of hydrogen-bond acceptors (Lipinski definition) is 4. The molecule has 0 bridgehead atoms. The second-order valence-corrected chi connectivity index (χ2v) is 6.44. The first kappa shape index (κ1) is 19.5. The minimum atomic E-state index is -0.927. The van der Waals surface area contributed by atoms with Gasteiger partial charge in [-0.15, -0.1) is 0 Å². The third-order valence-corrected chi connectivity index (χ3v) is 3.79. The third-order valence-electron chi connectivity index (χ3n) is 3.79. The van der Waals surface area contributed by atoms with Gasteiger partial charge in [-0.3, -0.25) is 14.8 Å². The fraction of sp³-hybridized carbons (Fsp3) is 0.300. The molecule has 0 saturated heterocycles. The summed E-state index contributed by atoms with van der Waals surface area (Å²) in [4.78, 5) is 24.0. The van der Waals surface area contributed by atoms with Gasteiger partial charge in [0.2, 0.25) is 5.91 Å². The summed E-state index contributed by atoms with van der Waals surface area (Å²) in [5, 5.41) is 11.6. The van der Waals surface area contributed by atoms with Gasteiger partial charge < -0.3 is 10.1 Å². The number of para-hydroxylation sites is 1. The number of hydroxylamine groups is 1. The average molecular weight is 356 g/mol. The van der Waals surface area contributed by atoms with E-state index in [1.807, 2.05) is 68.4 Å². The lowest BCUT2D eigenvalue weighted by Gasteiger charge is -2.17. The van der Waals surface area contributed by atoms with Gasteiger partial charge >= 0.3 is 0 Å². The van der Waals surface area contributed by atoms with Gasteiger partial charge in [-0.05, 0) is 42.2 Å². The molecular weight excluding hydrogens is 332 g/mol. The van der Waals surface area contributed by atoms with Crippen molar-refractivity contribution >= 4 is 11.8 Å². The van der Waals surface area contributed by atoms with Crippen LogP contribution in [0, 0.1) is 11.8 Å². The van der Waals surface area contributed by atoms with E-state index in [0.717, 1.165) is 11.3 Å². The minimum absolute atomic E-state index is 0.144. The number of nitrogens with one attached hydrogen (secondary N) is 2. The largest absolute Gasteiger partial charge is 0.457 e. The maximum Gasteiger partial charge on any atom is 0.255 e. The number of amides is 2. The van der Waals surface area contributed by atoms with E-state index in [2.05, 4.69) is 5.32 Å². The summed E-state index contributed by atoms with van der Waals surface area (Å²) in [7, 11) is 0. The maximum absolute atomic E-state index is 12.3. The topological polar surface area (TPSA) is 87.7 Å². The molecule has 0 aromatic heterocycles. The van der Waals surface area contributed by atoms with Crippen molar-refractivity contribution in [2.45, 2.75) is 26.8 Å². The number of benzene rings is 2. The van der Waals surface area contributed by atoms with Crippen LogP contribution in [0.4, 0.5) is 0 Å². The van der Waals surface area contributed by atoms with Crippen LogP contribution in [0.1, 0.15) is 25.8 Å². The first-order valence-electron chi connectivity index (χ1n) is 8.53. The molecule has 2 aromatic carbocycles. The Hall–Kier alpha value is -2.86. The van der Waals surface area contributed by atoms with Crippen LogP contribution in [-0.2, 0) is 16.1 Å². The molecule has 0 aliphatic rings. The highest BCUT2D eigenvalue weighted by atomic mass is 16.5. The van der Waals surface area contributed by atoms with Gasteiger partial charge in [-0.2, -0.15) is 0 Å². The molecule has 1 atom stereocenters.